The second-order valence-electron chi connectivity index (χ2n) is 6.86. The number of rotatable bonds is 0. The maximum Gasteiger partial charge on any atom is -0.0140 e. The SMILES string of the molecule is C1C2CC34CC1CC3(C2)C4.CN(C)C. The minimum Gasteiger partial charge on any atom is -0.312 e. The summed E-state index contributed by atoms with van der Waals surface area (Å²) in [4.78, 5) is 2.00. The third kappa shape index (κ3) is 1.05. The van der Waals surface area contributed by atoms with E-state index in [1.54, 1.807) is 38.5 Å². The number of hydrogen-bond acceptors (Lipinski definition) is 1. The highest BCUT2D eigenvalue weighted by Crippen LogP contribution is 2.87. The highest BCUT2D eigenvalue weighted by Gasteiger charge is 2.77. The molecule has 0 heterocycles. The van der Waals surface area contributed by atoms with Crippen molar-refractivity contribution in [2.45, 2.75) is 38.5 Å². The Kier molecular flexibility index (Phi) is 1.68. The highest BCUT2D eigenvalue weighted by molar-refractivity contribution is 5.27. The van der Waals surface area contributed by atoms with Gasteiger partial charge in [-0.15, -0.1) is 0 Å². The minimum absolute atomic E-state index is 0.973. The lowest BCUT2D eigenvalue weighted by Gasteiger charge is -2.31. The van der Waals surface area contributed by atoms with Crippen LogP contribution >= 0.6 is 0 Å². The third-order valence-electron chi connectivity index (χ3n) is 5.06. The average molecular weight is 193 g/mol. The summed E-state index contributed by atoms with van der Waals surface area (Å²) in [5.41, 5.74) is 1.95. The Hall–Kier alpha value is -0.0400. The van der Waals surface area contributed by atoms with Gasteiger partial charge in [-0.05, 0) is 82.3 Å². The van der Waals surface area contributed by atoms with Crippen molar-refractivity contribution in [1.29, 1.82) is 0 Å². The van der Waals surface area contributed by atoms with Crippen molar-refractivity contribution in [1.82, 2.24) is 4.90 Å². The van der Waals surface area contributed by atoms with Crippen LogP contribution in [-0.2, 0) is 0 Å². The molecule has 1 heteroatoms. The molecule has 0 amide bonds. The molecule has 5 aliphatic rings. The van der Waals surface area contributed by atoms with E-state index in [4.69, 9.17) is 0 Å². The molecule has 5 fully saturated rings. The van der Waals surface area contributed by atoms with Gasteiger partial charge < -0.3 is 4.90 Å². The topological polar surface area (TPSA) is 3.24 Å². The van der Waals surface area contributed by atoms with E-state index in [0.717, 1.165) is 10.8 Å². The Morgan fingerprint density at radius 3 is 1.50 bits per heavy atom. The molecule has 0 radical (unpaired) electrons. The minimum atomic E-state index is 0.973. The predicted octanol–water partition coefficient (Wildman–Crippen LogP) is 2.76. The van der Waals surface area contributed by atoms with Crippen LogP contribution in [0.3, 0.4) is 0 Å². The largest absolute Gasteiger partial charge is 0.312 e. The molecule has 0 aromatic rings. The maximum absolute atomic E-state index is 2.00. The number of nitrogens with zero attached hydrogens (tertiary/aromatic N) is 1. The monoisotopic (exact) mass is 193 g/mol. The van der Waals surface area contributed by atoms with Crippen molar-refractivity contribution in [2.75, 3.05) is 21.1 Å². The molecule has 0 N–H and O–H groups in total. The molecule has 0 saturated heterocycles. The Morgan fingerprint density at radius 2 is 1.21 bits per heavy atom. The van der Waals surface area contributed by atoms with E-state index in [-0.39, 0.29) is 0 Å². The van der Waals surface area contributed by atoms with Crippen LogP contribution in [0.1, 0.15) is 38.5 Å². The van der Waals surface area contributed by atoms with Crippen LogP contribution in [0.5, 0.6) is 0 Å². The zero-order valence-corrected chi connectivity index (χ0v) is 9.84. The van der Waals surface area contributed by atoms with E-state index in [9.17, 15) is 0 Å². The van der Waals surface area contributed by atoms with Gasteiger partial charge in [-0.1, -0.05) is 0 Å². The van der Waals surface area contributed by atoms with E-state index >= 15 is 0 Å². The third-order valence-corrected chi connectivity index (χ3v) is 5.06. The van der Waals surface area contributed by atoms with Gasteiger partial charge in [-0.25, -0.2) is 0 Å². The first kappa shape index (κ1) is 9.21. The molecule has 5 saturated carbocycles. The molecule has 0 aliphatic heterocycles. The molecule has 14 heavy (non-hydrogen) atoms. The van der Waals surface area contributed by atoms with E-state index in [1.165, 1.54) is 11.8 Å². The lowest BCUT2D eigenvalue weighted by atomic mass is 9.74. The fourth-order valence-corrected chi connectivity index (χ4v) is 5.08. The summed E-state index contributed by atoms with van der Waals surface area (Å²) in [5, 5.41) is 0. The molecule has 0 aromatic heterocycles. The second-order valence-corrected chi connectivity index (χ2v) is 6.86. The average Bonchev–Trinajstić information content (AvgIpc) is 2.35. The first-order valence-corrected chi connectivity index (χ1v) is 6.16. The van der Waals surface area contributed by atoms with Crippen LogP contribution in [0.15, 0.2) is 0 Å². The van der Waals surface area contributed by atoms with Gasteiger partial charge >= 0.3 is 0 Å². The van der Waals surface area contributed by atoms with Gasteiger partial charge in [0.05, 0.1) is 0 Å². The van der Waals surface area contributed by atoms with Gasteiger partial charge in [0, 0.05) is 0 Å². The quantitative estimate of drug-likeness (QED) is 0.572. The summed E-state index contributed by atoms with van der Waals surface area (Å²) >= 11 is 0. The van der Waals surface area contributed by atoms with Gasteiger partial charge in [-0.3, -0.25) is 0 Å². The van der Waals surface area contributed by atoms with Crippen molar-refractivity contribution in [3.05, 3.63) is 0 Å². The van der Waals surface area contributed by atoms with Gasteiger partial charge in [0.2, 0.25) is 0 Å². The van der Waals surface area contributed by atoms with Gasteiger partial charge in [-0.2, -0.15) is 0 Å². The van der Waals surface area contributed by atoms with Crippen molar-refractivity contribution in [3.8, 4) is 0 Å². The standard InChI is InChI=1S/C10H14.C3H9N/c1-7-2-9-4-8(1)5-10(9,3-7)6-9;1-4(2)3/h7-8H,1-6H2;1-3H3. The molecular formula is C13H23N. The van der Waals surface area contributed by atoms with E-state index in [1.807, 2.05) is 26.0 Å². The van der Waals surface area contributed by atoms with Gasteiger partial charge in [0.15, 0.2) is 0 Å². The number of hydrogen-bond donors (Lipinski definition) is 0. The van der Waals surface area contributed by atoms with Crippen LogP contribution in [0, 0.1) is 22.7 Å². The summed E-state index contributed by atoms with van der Waals surface area (Å²) in [6, 6.07) is 0. The van der Waals surface area contributed by atoms with Crippen LogP contribution in [0.2, 0.25) is 0 Å². The first-order valence-electron chi connectivity index (χ1n) is 6.16. The first-order chi connectivity index (χ1) is 6.55. The normalized spacial score (nSPS) is 55.7. The van der Waals surface area contributed by atoms with Gasteiger partial charge in [0.1, 0.15) is 0 Å². The summed E-state index contributed by atoms with van der Waals surface area (Å²) < 4.78 is 0. The fraction of sp³-hybridized carbons (Fsp3) is 1.00. The molecule has 1 nitrogen and oxygen atoms in total. The Morgan fingerprint density at radius 1 is 0.857 bits per heavy atom. The zero-order chi connectivity index (χ0) is 9.97. The van der Waals surface area contributed by atoms with E-state index < -0.39 is 0 Å². The maximum atomic E-state index is 2.00. The lowest BCUT2D eigenvalue weighted by Crippen LogP contribution is -2.20. The summed E-state index contributed by atoms with van der Waals surface area (Å²) in [6.45, 7) is 0. The Balaban J connectivity index is 0.000000142. The van der Waals surface area contributed by atoms with E-state index in [0.29, 0.717) is 0 Å². The zero-order valence-electron chi connectivity index (χ0n) is 9.84. The summed E-state index contributed by atoms with van der Waals surface area (Å²) in [6.07, 6.45) is 9.83. The fourth-order valence-electron chi connectivity index (χ4n) is 5.08. The second kappa shape index (κ2) is 2.55. The van der Waals surface area contributed by atoms with Crippen LogP contribution in [0.25, 0.3) is 0 Å². The summed E-state index contributed by atoms with van der Waals surface area (Å²) in [5.74, 6) is 2.39. The molecule has 4 bridgehead atoms. The van der Waals surface area contributed by atoms with Crippen LogP contribution < -0.4 is 0 Å². The molecule has 5 aliphatic carbocycles. The Bertz CT molecular complexity index is 219. The van der Waals surface area contributed by atoms with Crippen molar-refractivity contribution < 1.29 is 0 Å². The molecule has 0 atom stereocenters. The molecule has 0 unspecified atom stereocenters. The van der Waals surface area contributed by atoms with Crippen molar-refractivity contribution in [2.24, 2.45) is 22.7 Å². The molecule has 80 valence electrons. The molecular weight excluding hydrogens is 170 g/mol. The highest BCUT2D eigenvalue weighted by atomic mass is 15.0. The smallest absolute Gasteiger partial charge is 0.0140 e. The van der Waals surface area contributed by atoms with Crippen molar-refractivity contribution >= 4 is 0 Å². The van der Waals surface area contributed by atoms with Crippen LogP contribution in [-0.4, -0.2) is 26.0 Å². The van der Waals surface area contributed by atoms with E-state index in [2.05, 4.69) is 0 Å². The van der Waals surface area contributed by atoms with Crippen molar-refractivity contribution in [3.63, 3.8) is 0 Å². The lowest BCUT2D eigenvalue weighted by molar-refractivity contribution is 0.199. The predicted molar refractivity (Wildman–Crippen MR) is 59.2 cm³/mol. The molecule has 0 aromatic carbocycles. The summed E-state index contributed by atoms with van der Waals surface area (Å²) in [7, 11) is 6.00. The van der Waals surface area contributed by atoms with Crippen LogP contribution in [0.4, 0.5) is 0 Å². The van der Waals surface area contributed by atoms with Gasteiger partial charge in [0.25, 0.3) is 0 Å². The Labute approximate surface area is 87.9 Å². The molecule has 2 spiro atoms. The molecule has 5 rings (SSSR count).